The van der Waals surface area contributed by atoms with Crippen molar-refractivity contribution in [2.24, 2.45) is 0 Å². The second kappa shape index (κ2) is 8.12. The van der Waals surface area contributed by atoms with Crippen molar-refractivity contribution in [2.75, 3.05) is 24.2 Å². The Morgan fingerprint density at radius 3 is 2.54 bits per heavy atom. The van der Waals surface area contributed by atoms with Crippen molar-refractivity contribution < 1.29 is 18.1 Å². The third-order valence-corrected chi connectivity index (χ3v) is 8.00. The van der Waals surface area contributed by atoms with Crippen LogP contribution in [0.4, 0.5) is 14.5 Å². The molecule has 1 saturated heterocycles. The van der Waals surface area contributed by atoms with E-state index in [1.165, 1.54) is 12.1 Å². The number of nitrogens with zero attached hydrogens (tertiary/aromatic N) is 3. The number of amides is 1. The van der Waals surface area contributed by atoms with E-state index in [0.717, 1.165) is 28.1 Å². The van der Waals surface area contributed by atoms with E-state index in [0.29, 0.717) is 29.9 Å². The molecule has 0 bridgehead atoms. The van der Waals surface area contributed by atoms with Crippen molar-refractivity contribution in [3.63, 3.8) is 0 Å². The topological polar surface area (TPSA) is 59.5 Å². The average Bonchev–Trinajstić information content (AvgIpc) is 3.07. The van der Waals surface area contributed by atoms with E-state index in [1.807, 2.05) is 48.5 Å². The molecule has 6 rings (SSSR count). The SMILES string of the molecule is C[S+]([O-])N1CC2(C1)C(=O)N(Cc1ncc3ccccc3c1-c1ccc(F)c(F)c1)c1ccccc12. The van der Waals surface area contributed by atoms with Gasteiger partial charge in [-0.2, -0.15) is 0 Å². The van der Waals surface area contributed by atoms with Crippen LogP contribution in [0.15, 0.2) is 72.9 Å². The quantitative estimate of drug-likeness (QED) is 0.394. The molecule has 3 heterocycles. The van der Waals surface area contributed by atoms with Gasteiger partial charge in [-0.05, 0) is 34.7 Å². The molecule has 4 aromatic rings. The lowest BCUT2D eigenvalue weighted by atomic mass is 9.76. The lowest BCUT2D eigenvalue weighted by Crippen LogP contribution is -2.64. The van der Waals surface area contributed by atoms with Crippen LogP contribution in [0.5, 0.6) is 0 Å². The molecule has 35 heavy (non-hydrogen) atoms. The lowest BCUT2D eigenvalue weighted by molar-refractivity contribution is -0.127. The largest absolute Gasteiger partial charge is 0.598 e. The molecule has 3 aromatic carbocycles. The third-order valence-electron chi connectivity index (χ3n) is 7.02. The number of hydrogen-bond donors (Lipinski definition) is 0. The highest BCUT2D eigenvalue weighted by atomic mass is 32.2. The molecule has 2 aliphatic heterocycles. The molecule has 1 atom stereocenters. The summed E-state index contributed by atoms with van der Waals surface area (Å²) in [5.41, 5.74) is 2.73. The normalized spacial score (nSPS) is 17.6. The summed E-state index contributed by atoms with van der Waals surface area (Å²) in [6, 6.07) is 19.1. The fraction of sp³-hybridized carbons (Fsp3) is 0.185. The summed E-state index contributed by atoms with van der Waals surface area (Å²) >= 11 is -1.15. The van der Waals surface area contributed by atoms with Gasteiger partial charge >= 0.3 is 0 Å². The van der Waals surface area contributed by atoms with Gasteiger partial charge < -0.3 is 9.45 Å². The highest BCUT2D eigenvalue weighted by Crippen LogP contribution is 2.48. The van der Waals surface area contributed by atoms with Gasteiger partial charge in [-0.1, -0.05) is 48.5 Å². The molecule has 1 aromatic heterocycles. The average molecular weight is 490 g/mol. The van der Waals surface area contributed by atoms with Gasteiger partial charge in [0.05, 0.1) is 25.3 Å². The van der Waals surface area contributed by atoms with Crippen LogP contribution in [0.2, 0.25) is 0 Å². The molecule has 0 radical (unpaired) electrons. The fourth-order valence-corrected chi connectivity index (χ4v) is 6.05. The predicted octanol–water partition coefficient (Wildman–Crippen LogP) is 4.57. The molecule has 5 nitrogen and oxygen atoms in total. The second-order valence-electron chi connectivity index (χ2n) is 9.01. The maximum atomic E-state index is 14.2. The number of fused-ring (bicyclic) bond motifs is 3. The zero-order valence-electron chi connectivity index (χ0n) is 18.9. The molecule has 2 aliphatic rings. The third kappa shape index (κ3) is 3.36. The van der Waals surface area contributed by atoms with E-state index in [1.54, 1.807) is 21.7 Å². The minimum Gasteiger partial charge on any atom is -0.598 e. The van der Waals surface area contributed by atoms with Crippen molar-refractivity contribution in [3.8, 4) is 11.1 Å². The van der Waals surface area contributed by atoms with E-state index < -0.39 is 28.4 Å². The van der Waals surface area contributed by atoms with E-state index in [2.05, 4.69) is 4.98 Å². The van der Waals surface area contributed by atoms with Crippen LogP contribution in [0.1, 0.15) is 11.3 Å². The summed E-state index contributed by atoms with van der Waals surface area (Å²) in [7, 11) is 0. The lowest BCUT2D eigenvalue weighted by Gasteiger charge is -2.44. The number of aromatic nitrogens is 1. The van der Waals surface area contributed by atoms with Gasteiger partial charge in [-0.3, -0.25) is 9.78 Å². The van der Waals surface area contributed by atoms with E-state index in [9.17, 15) is 18.1 Å². The Morgan fingerprint density at radius 1 is 1.03 bits per heavy atom. The van der Waals surface area contributed by atoms with Gasteiger partial charge in [-0.25, -0.2) is 8.78 Å². The summed E-state index contributed by atoms with van der Waals surface area (Å²) in [6.45, 7) is 0.958. The maximum Gasteiger partial charge on any atom is 0.241 e. The molecule has 0 saturated carbocycles. The minimum atomic E-state index is -1.15. The number of hydrogen-bond acceptors (Lipinski definition) is 4. The second-order valence-corrected chi connectivity index (χ2v) is 10.4. The van der Waals surface area contributed by atoms with Crippen LogP contribution in [-0.4, -0.2) is 39.1 Å². The van der Waals surface area contributed by atoms with Crippen molar-refractivity contribution >= 4 is 33.7 Å². The van der Waals surface area contributed by atoms with Crippen molar-refractivity contribution in [3.05, 3.63) is 95.8 Å². The van der Waals surface area contributed by atoms with Crippen LogP contribution >= 0.6 is 0 Å². The Labute approximate surface area is 204 Å². The maximum absolute atomic E-state index is 14.2. The van der Waals surface area contributed by atoms with Crippen LogP contribution < -0.4 is 4.90 Å². The standard InChI is InChI=1S/C27H21F2N3O2S/c1-35(34)31-15-27(16-31)20-8-4-5-9-24(20)32(26(27)33)14-23-25(17-10-11-21(28)22(29)12-17)19-7-3-2-6-18(19)13-30-23/h2-13H,14-16H2,1H3. The zero-order chi connectivity index (χ0) is 24.3. The molecular weight excluding hydrogens is 468 g/mol. The molecule has 0 N–H and O–H groups in total. The molecule has 1 fully saturated rings. The Bertz CT molecular complexity index is 1490. The highest BCUT2D eigenvalue weighted by Gasteiger charge is 2.60. The van der Waals surface area contributed by atoms with E-state index in [4.69, 9.17) is 0 Å². The first kappa shape index (κ1) is 22.2. The van der Waals surface area contributed by atoms with Crippen LogP contribution in [0.3, 0.4) is 0 Å². The summed E-state index contributed by atoms with van der Waals surface area (Å²) in [5, 5.41) is 1.70. The molecule has 1 unspecified atom stereocenters. The van der Waals surface area contributed by atoms with Crippen LogP contribution in [-0.2, 0) is 28.1 Å². The minimum absolute atomic E-state index is 0.0633. The Kier molecular flexibility index (Phi) is 5.14. The van der Waals surface area contributed by atoms with Crippen molar-refractivity contribution in [2.45, 2.75) is 12.0 Å². The van der Waals surface area contributed by atoms with Gasteiger partial charge in [0.25, 0.3) is 0 Å². The summed E-state index contributed by atoms with van der Waals surface area (Å²) < 4.78 is 41.7. The number of pyridine rings is 1. The number of benzene rings is 3. The van der Waals surface area contributed by atoms with Gasteiger partial charge in [0.15, 0.2) is 11.6 Å². The number of carbonyl (C=O) groups is 1. The molecular formula is C27H21F2N3O2S. The Morgan fingerprint density at radius 2 is 1.77 bits per heavy atom. The summed E-state index contributed by atoms with van der Waals surface area (Å²) in [4.78, 5) is 20.2. The Balaban J connectivity index is 1.47. The highest BCUT2D eigenvalue weighted by molar-refractivity contribution is 7.88. The van der Waals surface area contributed by atoms with Gasteiger partial charge in [0, 0.05) is 34.2 Å². The number of anilines is 1. The molecule has 8 heteroatoms. The monoisotopic (exact) mass is 489 g/mol. The number of para-hydroxylation sites is 1. The zero-order valence-corrected chi connectivity index (χ0v) is 19.7. The first-order valence-corrected chi connectivity index (χ1v) is 12.7. The number of halogens is 2. The molecule has 0 aliphatic carbocycles. The van der Waals surface area contributed by atoms with Crippen LogP contribution in [0.25, 0.3) is 21.9 Å². The fourth-order valence-electron chi connectivity index (χ4n) is 5.24. The van der Waals surface area contributed by atoms with E-state index >= 15 is 0 Å². The molecule has 1 spiro atoms. The van der Waals surface area contributed by atoms with Crippen LogP contribution in [0, 0.1) is 11.6 Å². The van der Waals surface area contributed by atoms with E-state index in [-0.39, 0.29) is 12.5 Å². The van der Waals surface area contributed by atoms with Gasteiger partial charge in [0.1, 0.15) is 11.7 Å². The van der Waals surface area contributed by atoms with Gasteiger partial charge in [-0.15, -0.1) is 4.31 Å². The number of rotatable bonds is 4. The molecule has 1 amide bonds. The number of carbonyl (C=O) groups excluding carboxylic acids is 1. The summed E-state index contributed by atoms with van der Waals surface area (Å²) in [6.07, 6.45) is 3.35. The smallest absolute Gasteiger partial charge is 0.241 e. The summed E-state index contributed by atoms with van der Waals surface area (Å²) in [5.74, 6) is -1.92. The molecule has 176 valence electrons. The first-order chi connectivity index (χ1) is 16.9. The Hall–Kier alpha value is -3.33. The van der Waals surface area contributed by atoms with Gasteiger partial charge in [0.2, 0.25) is 5.91 Å². The van der Waals surface area contributed by atoms with Crippen molar-refractivity contribution in [1.82, 2.24) is 9.29 Å². The first-order valence-electron chi connectivity index (χ1n) is 11.2. The van der Waals surface area contributed by atoms with Crippen molar-refractivity contribution in [1.29, 1.82) is 0 Å². The predicted molar refractivity (Wildman–Crippen MR) is 132 cm³/mol.